The molecular formula is C25H26F4N2O4S. The van der Waals surface area contributed by atoms with Gasteiger partial charge in [0, 0.05) is 36.1 Å². The van der Waals surface area contributed by atoms with Crippen LogP contribution in [0, 0.1) is 22.9 Å². The summed E-state index contributed by atoms with van der Waals surface area (Å²) in [5.41, 5.74) is -1.50. The largest absolute Gasteiger partial charge is 0.365 e. The van der Waals surface area contributed by atoms with Gasteiger partial charge in [-0.25, -0.2) is 30.7 Å². The van der Waals surface area contributed by atoms with Crippen LogP contribution >= 0.6 is 0 Å². The van der Waals surface area contributed by atoms with E-state index in [1.807, 2.05) is 0 Å². The van der Waals surface area contributed by atoms with E-state index >= 15 is 4.39 Å². The fraction of sp³-hybridized carbons (Fsp3) is 0.480. The molecule has 2 heterocycles. The van der Waals surface area contributed by atoms with E-state index in [9.17, 15) is 26.4 Å². The van der Waals surface area contributed by atoms with Crippen LogP contribution in [0.5, 0.6) is 0 Å². The molecule has 6 nitrogen and oxygen atoms in total. The molecule has 0 aromatic heterocycles. The van der Waals surface area contributed by atoms with E-state index in [1.165, 1.54) is 23.1 Å². The lowest BCUT2D eigenvalue weighted by molar-refractivity contribution is -0.182. The summed E-state index contributed by atoms with van der Waals surface area (Å²) in [6.45, 7) is 2.32. The van der Waals surface area contributed by atoms with Crippen molar-refractivity contribution in [3.63, 3.8) is 0 Å². The van der Waals surface area contributed by atoms with Crippen LogP contribution in [-0.2, 0) is 26.0 Å². The highest BCUT2D eigenvalue weighted by molar-refractivity contribution is 7.89. The third-order valence-corrected chi connectivity index (χ3v) is 8.57. The number of alkyl halides is 1. The lowest BCUT2D eigenvalue weighted by Gasteiger charge is -2.41. The molecule has 2 aromatic rings. The standard InChI is InChI=1S/C25H26F4N2O4S/c1-24(7-8-35-24)23(32)31-13-25(5-6-25)22(30-36(33,34)14-26)20(31)11-15-3-2-4-19(21(15)29)16-9-17(27)12-18(28)10-16/h2-4,9-10,12,20,22,30H,5-8,11,13-14H2,1H3/t20-,22+,24+/m0/s1. The summed E-state index contributed by atoms with van der Waals surface area (Å²) in [6.07, 6.45) is 1.68. The van der Waals surface area contributed by atoms with Crippen LogP contribution in [0.4, 0.5) is 17.6 Å². The maximum atomic E-state index is 15.7. The minimum absolute atomic E-state index is 0.00919. The van der Waals surface area contributed by atoms with Gasteiger partial charge in [-0.3, -0.25) is 4.79 Å². The zero-order valence-electron chi connectivity index (χ0n) is 19.6. The zero-order chi connectivity index (χ0) is 25.9. The Bertz CT molecular complexity index is 1290. The maximum Gasteiger partial charge on any atom is 0.254 e. The molecular weight excluding hydrogens is 500 g/mol. The normalized spacial score (nSPS) is 26.8. The number of likely N-dealkylation sites (tertiary alicyclic amines) is 1. The number of benzene rings is 2. The van der Waals surface area contributed by atoms with Crippen LogP contribution in [0.2, 0.25) is 0 Å². The Kier molecular flexibility index (Phi) is 6.16. The average molecular weight is 527 g/mol. The molecule has 11 heteroatoms. The van der Waals surface area contributed by atoms with Crippen molar-refractivity contribution in [3.05, 3.63) is 59.4 Å². The molecule has 3 aliphatic rings. The van der Waals surface area contributed by atoms with Crippen molar-refractivity contribution in [1.29, 1.82) is 0 Å². The van der Waals surface area contributed by atoms with Crippen LogP contribution in [0.3, 0.4) is 0 Å². The molecule has 1 amide bonds. The van der Waals surface area contributed by atoms with E-state index in [4.69, 9.17) is 4.74 Å². The number of carbonyl (C=O) groups excluding carboxylic acids is 1. The molecule has 2 saturated heterocycles. The minimum Gasteiger partial charge on any atom is -0.365 e. The zero-order valence-corrected chi connectivity index (χ0v) is 20.4. The van der Waals surface area contributed by atoms with Gasteiger partial charge < -0.3 is 9.64 Å². The fourth-order valence-electron chi connectivity index (χ4n) is 5.43. The van der Waals surface area contributed by atoms with Crippen molar-refractivity contribution in [2.75, 3.05) is 19.2 Å². The number of hydrogen-bond donors (Lipinski definition) is 1. The van der Waals surface area contributed by atoms with Crippen molar-refractivity contribution in [1.82, 2.24) is 9.62 Å². The maximum absolute atomic E-state index is 15.7. The van der Waals surface area contributed by atoms with Crippen molar-refractivity contribution < 1.29 is 35.5 Å². The first kappa shape index (κ1) is 25.2. The van der Waals surface area contributed by atoms with Gasteiger partial charge in [0.15, 0.2) is 0 Å². The molecule has 5 rings (SSSR count). The minimum atomic E-state index is -4.27. The quantitative estimate of drug-likeness (QED) is 0.559. The fourth-order valence-corrected chi connectivity index (χ4v) is 6.28. The molecule has 2 aliphatic heterocycles. The summed E-state index contributed by atoms with van der Waals surface area (Å²) in [5, 5.41) is 0. The summed E-state index contributed by atoms with van der Waals surface area (Å²) in [6, 6.07) is 3.88. The van der Waals surface area contributed by atoms with Crippen molar-refractivity contribution in [3.8, 4) is 11.1 Å². The Morgan fingerprint density at radius 3 is 2.36 bits per heavy atom. The second kappa shape index (κ2) is 8.81. The summed E-state index contributed by atoms with van der Waals surface area (Å²) >= 11 is 0. The summed E-state index contributed by atoms with van der Waals surface area (Å²) in [7, 11) is -4.27. The Labute approximate surface area is 206 Å². The second-order valence-electron chi connectivity index (χ2n) is 10.2. The SMILES string of the molecule is C[C@]1(C(=O)N2CC3(CC3)[C@H](NS(=O)(=O)CF)[C@@H]2Cc2cccc(-c3cc(F)cc(F)c3)c2F)CCO1. The summed E-state index contributed by atoms with van der Waals surface area (Å²) in [4.78, 5) is 15.0. The van der Waals surface area contributed by atoms with Crippen molar-refractivity contribution in [2.45, 2.75) is 50.3 Å². The Morgan fingerprint density at radius 2 is 1.81 bits per heavy atom. The van der Waals surface area contributed by atoms with E-state index in [0.717, 1.165) is 12.1 Å². The lowest BCUT2D eigenvalue weighted by atomic mass is 9.90. The van der Waals surface area contributed by atoms with E-state index in [0.29, 0.717) is 31.9 Å². The third kappa shape index (κ3) is 4.41. The van der Waals surface area contributed by atoms with Gasteiger partial charge in [-0.05, 0) is 49.4 Å². The number of rotatable bonds is 7. The molecule has 1 spiro atoms. The van der Waals surface area contributed by atoms with Gasteiger partial charge in [0.1, 0.15) is 23.1 Å². The Balaban J connectivity index is 1.53. The Hall–Kier alpha value is -2.50. The lowest BCUT2D eigenvalue weighted by Crippen LogP contribution is -2.58. The van der Waals surface area contributed by atoms with Crippen LogP contribution in [0.1, 0.15) is 31.7 Å². The van der Waals surface area contributed by atoms with E-state index in [1.54, 1.807) is 6.92 Å². The topological polar surface area (TPSA) is 75.7 Å². The predicted octanol–water partition coefficient (Wildman–Crippen LogP) is 3.70. The average Bonchev–Trinajstić information content (AvgIpc) is 3.53. The number of nitrogens with one attached hydrogen (secondary N) is 1. The number of amides is 1. The first-order valence-electron chi connectivity index (χ1n) is 11.7. The number of ether oxygens (including phenoxy) is 1. The summed E-state index contributed by atoms with van der Waals surface area (Å²) < 4.78 is 88.9. The van der Waals surface area contributed by atoms with Gasteiger partial charge in [-0.15, -0.1) is 0 Å². The van der Waals surface area contributed by atoms with Crippen molar-refractivity contribution >= 4 is 15.9 Å². The molecule has 3 fully saturated rings. The third-order valence-electron chi connectivity index (χ3n) is 7.67. The van der Waals surface area contributed by atoms with E-state index in [-0.39, 0.29) is 35.6 Å². The Morgan fingerprint density at radius 1 is 1.14 bits per heavy atom. The van der Waals surface area contributed by atoms with Crippen molar-refractivity contribution in [2.24, 2.45) is 5.41 Å². The highest BCUT2D eigenvalue weighted by Gasteiger charge is 2.63. The number of nitrogens with zero attached hydrogens (tertiary/aromatic N) is 1. The van der Waals surface area contributed by atoms with Gasteiger partial charge in [0.25, 0.3) is 5.91 Å². The van der Waals surface area contributed by atoms with Gasteiger partial charge >= 0.3 is 0 Å². The molecule has 2 aromatic carbocycles. The van der Waals surface area contributed by atoms with Crippen LogP contribution in [0.25, 0.3) is 11.1 Å². The smallest absolute Gasteiger partial charge is 0.254 e. The highest BCUT2D eigenvalue weighted by Crippen LogP contribution is 2.56. The molecule has 1 saturated carbocycles. The molecule has 0 unspecified atom stereocenters. The molecule has 36 heavy (non-hydrogen) atoms. The molecule has 3 atom stereocenters. The molecule has 0 bridgehead atoms. The number of carbonyl (C=O) groups is 1. The highest BCUT2D eigenvalue weighted by atomic mass is 32.2. The van der Waals surface area contributed by atoms with Crippen LogP contribution < -0.4 is 4.72 Å². The summed E-state index contributed by atoms with van der Waals surface area (Å²) in [5.74, 6) is -2.76. The monoisotopic (exact) mass is 526 g/mol. The van der Waals surface area contributed by atoms with E-state index in [2.05, 4.69) is 4.72 Å². The first-order chi connectivity index (χ1) is 17.0. The second-order valence-corrected chi connectivity index (χ2v) is 11.8. The first-order valence-corrected chi connectivity index (χ1v) is 13.4. The van der Waals surface area contributed by atoms with Crippen LogP contribution in [0.15, 0.2) is 36.4 Å². The van der Waals surface area contributed by atoms with Crippen LogP contribution in [-0.4, -0.2) is 56.1 Å². The molecule has 0 radical (unpaired) electrons. The van der Waals surface area contributed by atoms with Gasteiger partial charge in [0.05, 0.1) is 12.6 Å². The van der Waals surface area contributed by atoms with E-state index < -0.39 is 56.6 Å². The van der Waals surface area contributed by atoms with Gasteiger partial charge in [0.2, 0.25) is 16.0 Å². The number of sulfonamides is 1. The number of halogens is 4. The van der Waals surface area contributed by atoms with Gasteiger partial charge in [-0.1, -0.05) is 18.2 Å². The predicted molar refractivity (Wildman–Crippen MR) is 123 cm³/mol. The molecule has 1 aliphatic carbocycles. The molecule has 194 valence electrons. The molecule has 1 N–H and O–H groups in total. The number of hydrogen-bond acceptors (Lipinski definition) is 4. The van der Waals surface area contributed by atoms with Gasteiger partial charge in [-0.2, -0.15) is 0 Å².